The average molecular weight is 1120 g/mol. The molecule has 0 aliphatic heterocycles. The van der Waals surface area contributed by atoms with Crippen molar-refractivity contribution in [3.8, 4) is 0 Å². The monoisotopic (exact) mass is 1120 g/mol. The van der Waals surface area contributed by atoms with E-state index in [2.05, 4.69) is 50.4 Å². The minimum absolute atomic E-state index is 0.0272. The van der Waals surface area contributed by atoms with E-state index in [1.54, 1.807) is 0 Å². The van der Waals surface area contributed by atoms with Gasteiger partial charge < -0.3 is 19.4 Å². The van der Waals surface area contributed by atoms with Crippen molar-refractivity contribution in [2.45, 2.75) is 290 Å². The van der Waals surface area contributed by atoms with Crippen LogP contribution in [0.15, 0.2) is 97.2 Å². The van der Waals surface area contributed by atoms with Gasteiger partial charge in [-0.05, 0) is 76.7 Å². The highest BCUT2D eigenvalue weighted by atomic mass is 31.2. The number of nitrogens with zero attached hydrogens (tertiary/aromatic N) is 1. The average Bonchev–Trinajstić information content (AvgIpc) is 3.41. The lowest BCUT2D eigenvalue weighted by Crippen LogP contribution is -2.47. The van der Waals surface area contributed by atoms with Crippen molar-refractivity contribution in [1.82, 2.24) is 5.32 Å². The molecule has 0 aromatic carbocycles. The fourth-order valence-corrected chi connectivity index (χ4v) is 9.88. The van der Waals surface area contributed by atoms with Crippen LogP contribution in [0.4, 0.5) is 0 Å². The summed E-state index contributed by atoms with van der Waals surface area (Å²) in [5, 5.41) is 3.03. The van der Waals surface area contributed by atoms with Crippen molar-refractivity contribution in [2.75, 3.05) is 40.9 Å². The van der Waals surface area contributed by atoms with Crippen molar-refractivity contribution < 1.29 is 37.3 Å². The summed E-state index contributed by atoms with van der Waals surface area (Å²) in [4.78, 5) is 37.7. The molecule has 79 heavy (non-hydrogen) atoms. The number of hydrogen-bond acceptors (Lipinski definition) is 6. The third-order valence-corrected chi connectivity index (χ3v) is 15.2. The van der Waals surface area contributed by atoms with E-state index in [-0.39, 0.29) is 37.9 Å². The number of carbonyl (C=O) groups excluding carboxylic acids is 2. The molecule has 0 rings (SSSR count). The molecule has 0 aliphatic carbocycles. The number of phosphoric acid groups is 1. The fraction of sp³-hybridized carbons (Fsp3) is 0.739. The third kappa shape index (κ3) is 59.4. The van der Waals surface area contributed by atoms with Gasteiger partial charge in [0, 0.05) is 12.8 Å². The summed E-state index contributed by atoms with van der Waals surface area (Å²) < 4.78 is 30.7. The normalized spacial score (nSPS) is 14.3. The van der Waals surface area contributed by atoms with Crippen LogP contribution in [0.1, 0.15) is 278 Å². The second-order valence-corrected chi connectivity index (χ2v) is 24.5. The van der Waals surface area contributed by atoms with Gasteiger partial charge in [0.1, 0.15) is 19.3 Å². The van der Waals surface area contributed by atoms with Gasteiger partial charge in [0.2, 0.25) is 5.91 Å². The topological polar surface area (TPSA) is 111 Å². The standard InChI is InChI=1S/C69H123N2O7P/c1-7-10-13-16-19-22-25-27-29-31-32-33-34-35-36-37-38-40-42-44-47-50-53-56-59-62-69(73)78-67(60-57-54-51-48-45-24-21-18-15-12-9-3)66(65-77-79(74,75)76-64-63-71(4,5)6)70-68(72)61-58-55-52-49-46-43-41-39-30-28-26-23-20-17-14-11-8-2/h11,14,17,20,23,26-30,39,41,43,46,57,60,66-67H,7-10,12-13,15-16,18-19,21-22,24-25,31-38,40,42,44-45,47-56,58-59,61-65H2,1-6H3,(H-,70,72,74,75)/p+1/b14-11-,20-17+,26-23+,29-27+,30-28-,41-39+,46-43+,60-57-. The maximum Gasteiger partial charge on any atom is 0.472 e. The summed E-state index contributed by atoms with van der Waals surface area (Å²) in [5.41, 5.74) is 0. The predicted molar refractivity (Wildman–Crippen MR) is 341 cm³/mol. The number of esters is 1. The minimum atomic E-state index is -4.47. The van der Waals surface area contributed by atoms with Crippen LogP contribution >= 0.6 is 7.82 Å². The molecule has 0 radical (unpaired) electrons. The number of hydrogen-bond donors (Lipinski definition) is 2. The lowest BCUT2D eigenvalue weighted by molar-refractivity contribution is -0.870. The molecule has 2 N–H and O–H groups in total. The van der Waals surface area contributed by atoms with E-state index in [1.807, 2.05) is 94.1 Å². The van der Waals surface area contributed by atoms with Gasteiger partial charge in [-0.2, -0.15) is 0 Å². The van der Waals surface area contributed by atoms with Crippen LogP contribution in [-0.2, 0) is 27.9 Å². The number of carbonyl (C=O) groups is 2. The Kier molecular flexibility index (Phi) is 55.9. The van der Waals surface area contributed by atoms with Gasteiger partial charge in [-0.25, -0.2) is 4.57 Å². The number of rotatable bonds is 58. The maximum absolute atomic E-state index is 13.5. The first kappa shape index (κ1) is 75.9. The van der Waals surface area contributed by atoms with Gasteiger partial charge in [-0.3, -0.25) is 18.6 Å². The van der Waals surface area contributed by atoms with Crippen molar-refractivity contribution >= 4 is 19.7 Å². The molecule has 0 fully saturated rings. The number of phosphoric ester groups is 1. The molecule has 10 heteroatoms. The lowest BCUT2D eigenvalue weighted by Gasteiger charge is -2.27. The highest BCUT2D eigenvalue weighted by molar-refractivity contribution is 7.47. The van der Waals surface area contributed by atoms with Gasteiger partial charge in [0.05, 0.1) is 33.8 Å². The summed E-state index contributed by atoms with van der Waals surface area (Å²) in [7, 11) is 1.46. The molecule has 0 aromatic heterocycles. The highest BCUT2D eigenvalue weighted by Crippen LogP contribution is 2.43. The molecule has 0 bridgehead atoms. The Hall–Kier alpha value is -3.07. The number of ether oxygens (including phenoxy) is 1. The molecule has 1 amide bonds. The van der Waals surface area contributed by atoms with E-state index in [0.717, 1.165) is 64.2 Å². The van der Waals surface area contributed by atoms with Crippen molar-refractivity contribution in [2.24, 2.45) is 0 Å². The second-order valence-electron chi connectivity index (χ2n) is 23.1. The SMILES string of the molecule is CC\C=C/C=C/C=C/C=C\C=C\C=C\CCCCCC(=O)NC(COP(=O)(O)OCC[N+](C)(C)C)C(/C=C\CCCCCCCCCCC)OC(=O)CCCCCCCCCCCCCCCCC/C=C/CCCCCCCC. The Labute approximate surface area is 488 Å². The van der Waals surface area contributed by atoms with Gasteiger partial charge >= 0.3 is 13.8 Å². The molecule has 0 aliphatic rings. The Morgan fingerprint density at radius 2 is 0.823 bits per heavy atom. The summed E-state index contributed by atoms with van der Waals surface area (Å²) in [6.45, 7) is 6.83. The van der Waals surface area contributed by atoms with Crippen LogP contribution in [0.25, 0.3) is 0 Å². The molecule has 456 valence electrons. The molecule has 0 aromatic rings. The number of likely N-dealkylation sites (N-methyl/N-ethyl adjacent to an activating group) is 1. The molecule has 0 spiro atoms. The van der Waals surface area contributed by atoms with Crippen LogP contribution in [0.5, 0.6) is 0 Å². The number of amides is 1. The number of quaternary nitrogens is 1. The minimum Gasteiger partial charge on any atom is -0.456 e. The summed E-state index contributed by atoms with van der Waals surface area (Å²) in [6, 6.07) is -0.876. The number of allylic oxidation sites excluding steroid dienone is 15. The molecule has 0 heterocycles. The fourth-order valence-electron chi connectivity index (χ4n) is 9.14. The van der Waals surface area contributed by atoms with E-state index in [1.165, 1.54) is 173 Å². The van der Waals surface area contributed by atoms with Crippen LogP contribution in [0.2, 0.25) is 0 Å². The molecule has 3 unspecified atom stereocenters. The zero-order valence-corrected chi connectivity index (χ0v) is 53.0. The molecule has 9 nitrogen and oxygen atoms in total. The predicted octanol–water partition coefficient (Wildman–Crippen LogP) is 20.3. The third-order valence-electron chi connectivity index (χ3n) is 14.2. The number of unbranched alkanes of at least 4 members (excludes halogenated alkanes) is 33. The van der Waals surface area contributed by atoms with Crippen LogP contribution < -0.4 is 5.32 Å². The smallest absolute Gasteiger partial charge is 0.456 e. The van der Waals surface area contributed by atoms with Crippen LogP contribution in [-0.4, -0.2) is 74.3 Å². The zero-order chi connectivity index (χ0) is 57.9. The van der Waals surface area contributed by atoms with Gasteiger partial charge in [-0.1, -0.05) is 285 Å². The molecule has 0 saturated carbocycles. The van der Waals surface area contributed by atoms with Gasteiger partial charge in [0.25, 0.3) is 0 Å². The lowest BCUT2D eigenvalue weighted by atomic mass is 10.0. The second kappa shape index (κ2) is 58.1. The van der Waals surface area contributed by atoms with E-state index >= 15 is 0 Å². The summed E-state index contributed by atoms with van der Waals surface area (Å²) in [6.07, 6.45) is 78.5. The van der Waals surface area contributed by atoms with Gasteiger partial charge in [-0.15, -0.1) is 0 Å². The Morgan fingerprint density at radius 3 is 1.27 bits per heavy atom. The van der Waals surface area contributed by atoms with E-state index in [0.29, 0.717) is 17.4 Å². The maximum atomic E-state index is 13.5. The van der Waals surface area contributed by atoms with Gasteiger partial charge in [0.15, 0.2) is 0 Å². The quantitative estimate of drug-likeness (QED) is 0.0156. The van der Waals surface area contributed by atoms with Crippen molar-refractivity contribution in [1.29, 1.82) is 0 Å². The highest BCUT2D eigenvalue weighted by Gasteiger charge is 2.30. The molecule has 3 atom stereocenters. The molecular weight excluding hydrogens is 1000 g/mol. The molecule has 0 saturated heterocycles. The summed E-state index contributed by atoms with van der Waals surface area (Å²) in [5.74, 6) is -0.555. The first-order valence-corrected chi connectivity index (χ1v) is 34.1. The zero-order valence-electron chi connectivity index (χ0n) is 52.1. The molecular formula is C69H124N2O7P+. The number of nitrogens with one attached hydrogen (secondary N) is 1. The van der Waals surface area contributed by atoms with E-state index < -0.39 is 20.0 Å². The van der Waals surface area contributed by atoms with Crippen molar-refractivity contribution in [3.63, 3.8) is 0 Å². The Balaban J connectivity index is 5.14. The first-order valence-electron chi connectivity index (χ1n) is 32.6. The largest absolute Gasteiger partial charge is 0.472 e. The van der Waals surface area contributed by atoms with E-state index in [4.69, 9.17) is 13.8 Å². The van der Waals surface area contributed by atoms with E-state index in [9.17, 15) is 19.0 Å². The first-order chi connectivity index (χ1) is 38.4. The van der Waals surface area contributed by atoms with Crippen molar-refractivity contribution in [3.05, 3.63) is 97.2 Å². The Bertz CT molecular complexity index is 1670. The Morgan fingerprint density at radius 1 is 0.456 bits per heavy atom. The summed E-state index contributed by atoms with van der Waals surface area (Å²) >= 11 is 0. The van der Waals surface area contributed by atoms with Crippen LogP contribution in [0.3, 0.4) is 0 Å². The van der Waals surface area contributed by atoms with Crippen LogP contribution in [0, 0.1) is 0 Å².